The minimum atomic E-state index is 0.203. The smallest absolute Gasteiger partial charge is 0.227 e. The second-order valence-electron chi connectivity index (χ2n) is 7.47. The van der Waals surface area contributed by atoms with Gasteiger partial charge >= 0.3 is 0 Å². The number of hydrogen-bond donors (Lipinski definition) is 0. The summed E-state index contributed by atoms with van der Waals surface area (Å²) in [5, 5.41) is 3.94. The van der Waals surface area contributed by atoms with Crippen molar-refractivity contribution in [2.75, 3.05) is 13.1 Å². The van der Waals surface area contributed by atoms with Crippen molar-refractivity contribution in [3.05, 3.63) is 24.5 Å². The number of furan rings is 1. The molecule has 1 aliphatic heterocycles. The Bertz CT molecular complexity index is 691. The fourth-order valence-electron chi connectivity index (χ4n) is 4.27. The van der Waals surface area contributed by atoms with Gasteiger partial charge in [0.25, 0.3) is 0 Å². The maximum absolute atomic E-state index is 12.5. The fraction of sp³-hybridized carbons (Fsp3) is 0.632. The molecule has 2 aromatic heterocycles. The molecule has 1 aliphatic carbocycles. The van der Waals surface area contributed by atoms with E-state index in [1.54, 1.807) is 18.6 Å². The van der Waals surface area contributed by atoms with Gasteiger partial charge in [0.2, 0.25) is 17.6 Å². The summed E-state index contributed by atoms with van der Waals surface area (Å²) in [6.07, 6.45) is 13.2. The van der Waals surface area contributed by atoms with E-state index in [1.165, 1.54) is 44.9 Å². The number of carbonyl (C=O) groups is 1. The minimum Gasteiger partial charge on any atom is -0.472 e. The number of likely N-dealkylation sites (tertiary alicyclic amines) is 1. The predicted molar refractivity (Wildman–Crippen MR) is 91.7 cm³/mol. The molecule has 4 rings (SSSR count). The van der Waals surface area contributed by atoms with Crippen molar-refractivity contribution >= 4 is 5.91 Å². The molecule has 3 heterocycles. The summed E-state index contributed by atoms with van der Waals surface area (Å²) in [5.41, 5.74) is 1.32. The molecule has 6 heteroatoms. The number of nitrogens with zero attached hydrogens (tertiary/aromatic N) is 3. The quantitative estimate of drug-likeness (QED) is 0.843. The van der Waals surface area contributed by atoms with Crippen LogP contribution in [0.1, 0.15) is 57.3 Å². The standard InChI is InChI=1S/C19H25N3O3/c23-17(22-11-9-19(10-12-22)7-2-1-3-8-19)5-4-16-20-18(21-25-16)15-6-13-24-14-15/h6,13-14H,1-5,7-12H2. The molecule has 134 valence electrons. The van der Waals surface area contributed by atoms with Crippen molar-refractivity contribution in [1.29, 1.82) is 0 Å². The summed E-state index contributed by atoms with van der Waals surface area (Å²) in [7, 11) is 0. The Morgan fingerprint density at radius 3 is 2.68 bits per heavy atom. The average Bonchev–Trinajstić information content (AvgIpc) is 3.32. The minimum absolute atomic E-state index is 0.203. The summed E-state index contributed by atoms with van der Waals surface area (Å²) >= 11 is 0. The normalized spacial score (nSPS) is 20.1. The maximum Gasteiger partial charge on any atom is 0.227 e. The van der Waals surface area contributed by atoms with E-state index in [0.29, 0.717) is 30.0 Å². The van der Waals surface area contributed by atoms with Crippen LogP contribution in [0.5, 0.6) is 0 Å². The molecule has 0 aromatic carbocycles. The molecular formula is C19H25N3O3. The van der Waals surface area contributed by atoms with Crippen LogP contribution in [-0.4, -0.2) is 34.0 Å². The monoisotopic (exact) mass is 343 g/mol. The van der Waals surface area contributed by atoms with Crippen molar-refractivity contribution in [2.24, 2.45) is 5.41 Å². The van der Waals surface area contributed by atoms with Gasteiger partial charge < -0.3 is 13.8 Å². The van der Waals surface area contributed by atoms with Gasteiger partial charge in [-0.2, -0.15) is 4.98 Å². The lowest BCUT2D eigenvalue weighted by molar-refractivity contribution is -0.134. The van der Waals surface area contributed by atoms with Gasteiger partial charge in [0, 0.05) is 25.9 Å². The number of rotatable bonds is 4. The highest BCUT2D eigenvalue weighted by atomic mass is 16.5. The van der Waals surface area contributed by atoms with Gasteiger partial charge in [-0.3, -0.25) is 4.79 Å². The lowest BCUT2D eigenvalue weighted by atomic mass is 9.68. The Balaban J connectivity index is 1.27. The summed E-state index contributed by atoms with van der Waals surface area (Å²) in [6.45, 7) is 1.81. The summed E-state index contributed by atoms with van der Waals surface area (Å²) in [6, 6.07) is 1.79. The third kappa shape index (κ3) is 3.62. The van der Waals surface area contributed by atoms with E-state index in [1.807, 2.05) is 4.90 Å². The van der Waals surface area contributed by atoms with Gasteiger partial charge in [0.15, 0.2) is 0 Å². The first-order valence-electron chi connectivity index (χ1n) is 9.37. The van der Waals surface area contributed by atoms with Gasteiger partial charge in [-0.1, -0.05) is 24.4 Å². The second kappa shape index (κ2) is 7.02. The Morgan fingerprint density at radius 2 is 1.96 bits per heavy atom. The summed E-state index contributed by atoms with van der Waals surface area (Å²) < 4.78 is 10.3. The first kappa shape index (κ1) is 16.4. The fourth-order valence-corrected chi connectivity index (χ4v) is 4.27. The van der Waals surface area contributed by atoms with Crippen LogP contribution in [0, 0.1) is 5.41 Å². The van der Waals surface area contributed by atoms with Crippen LogP contribution in [0.4, 0.5) is 0 Å². The second-order valence-corrected chi connectivity index (χ2v) is 7.47. The molecule has 0 unspecified atom stereocenters. The molecule has 0 atom stereocenters. The van der Waals surface area contributed by atoms with E-state index in [0.717, 1.165) is 18.7 Å². The molecule has 25 heavy (non-hydrogen) atoms. The number of carbonyl (C=O) groups excluding carboxylic acids is 1. The van der Waals surface area contributed by atoms with E-state index in [9.17, 15) is 4.79 Å². The Kier molecular flexibility index (Phi) is 4.59. The molecule has 2 aromatic rings. The number of amides is 1. The Morgan fingerprint density at radius 1 is 1.16 bits per heavy atom. The molecule has 1 saturated carbocycles. The van der Waals surface area contributed by atoms with Crippen LogP contribution < -0.4 is 0 Å². The van der Waals surface area contributed by atoms with Crippen LogP contribution in [-0.2, 0) is 11.2 Å². The van der Waals surface area contributed by atoms with Crippen molar-refractivity contribution < 1.29 is 13.7 Å². The highest BCUT2D eigenvalue weighted by Gasteiger charge is 2.36. The molecule has 0 N–H and O–H groups in total. The summed E-state index contributed by atoms with van der Waals surface area (Å²) in [5.74, 6) is 1.22. The van der Waals surface area contributed by atoms with E-state index < -0.39 is 0 Å². The Labute approximate surface area is 147 Å². The highest BCUT2D eigenvalue weighted by molar-refractivity contribution is 5.76. The first-order valence-corrected chi connectivity index (χ1v) is 9.37. The zero-order valence-electron chi connectivity index (χ0n) is 14.6. The molecule has 1 spiro atoms. The van der Waals surface area contributed by atoms with E-state index in [2.05, 4.69) is 10.1 Å². The third-order valence-electron chi connectivity index (χ3n) is 5.89. The van der Waals surface area contributed by atoms with Crippen molar-refractivity contribution in [2.45, 2.75) is 57.8 Å². The maximum atomic E-state index is 12.5. The van der Waals surface area contributed by atoms with Crippen LogP contribution in [0.2, 0.25) is 0 Å². The van der Waals surface area contributed by atoms with E-state index in [4.69, 9.17) is 8.94 Å². The lowest BCUT2D eigenvalue weighted by Crippen LogP contribution is -2.44. The van der Waals surface area contributed by atoms with Crippen molar-refractivity contribution in [3.63, 3.8) is 0 Å². The highest BCUT2D eigenvalue weighted by Crippen LogP contribution is 2.44. The predicted octanol–water partition coefficient (Wildman–Crippen LogP) is 3.84. The van der Waals surface area contributed by atoms with Crippen molar-refractivity contribution in [3.8, 4) is 11.4 Å². The van der Waals surface area contributed by atoms with Gasteiger partial charge in [-0.05, 0) is 37.2 Å². The molecular weight excluding hydrogens is 318 g/mol. The van der Waals surface area contributed by atoms with E-state index >= 15 is 0 Å². The number of aromatic nitrogens is 2. The van der Waals surface area contributed by atoms with Crippen LogP contribution >= 0.6 is 0 Å². The molecule has 2 aliphatic rings. The van der Waals surface area contributed by atoms with E-state index in [-0.39, 0.29) is 5.91 Å². The molecule has 1 amide bonds. The number of hydrogen-bond acceptors (Lipinski definition) is 5. The van der Waals surface area contributed by atoms with Crippen LogP contribution in [0.25, 0.3) is 11.4 Å². The molecule has 1 saturated heterocycles. The van der Waals surface area contributed by atoms with Gasteiger partial charge in [0.05, 0.1) is 11.8 Å². The zero-order valence-corrected chi connectivity index (χ0v) is 14.6. The number of piperidine rings is 1. The summed E-state index contributed by atoms with van der Waals surface area (Å²) in [4.78, 5) is 18.8. The SMILES string of the molecule is O=C(CCc1nc(-c2ccoc2)no1)N1CCC2(CCCCC2)CC1. The third-order valence-corrected chi connectivity index (χ3v) is 5.89. The molecule has 2 fully saturated rings. The topological polar surface area (TPSA) is 72.4 Å². The van der Waals surface area contributed by atoms with Crippen molar-refractivity contribution in [1.82, 2.24) is 15.0 Å². The van der Waals surface area contributed by atoms with Gasteiger partial charge in [-0.15, -0.1) is 0 Å². The molecule has 6 nitrogen and oxygen atoms in total. The first-order chi connectivity index (χ1) is 12.2. The van der Waals surface area contributed by atoms with Gasteiger partial charge in [-0.25, -0.2) is 0 Å². The van der Waals surface area contributed by atoms with Gasteiger partial charge in [0.1, 0.15) is 6.26 Å². The zero-order chi connectivity index (χ0) is 17.1. The largest absolute Gasteiger partial charge is 0.472 e. The van der Waals surface area contributed by atoms with Crippen LogP contribution in [0.3, 0.4) is 0 Å². The number of aryl methyl sites for hydroxylation is 1. The molecule has 0 radical (unpaired) electrons. The average molecular weight is 343 g/mol. The molecule has 0 bridgehead atoms. The lowest BCUT2D eigenvalue weighted by Gasteiger charge is -2.44. The Hall–Kier alpha value is -2.11. The van der Waals surface area contributed by atoms with Crippen LogP contribution in [0.15, 0.2) is 27.5 Å².